The van der Waals surface area contributed by atoms with Crippen molar-refractivity contribution in [2.75, 3.05) is 5.32 Å². The fourth-order valence-corrected chi connectivity index (χ4v) is 3.01. The lowest BCUT2D eigenvalue weighted by Crippen LogP contribution is -2.27. The zero-order valence-corrected chi connectivity index (χ0v) is 15.1. The molecule has 8 heteroatoms. The number of rotatable bonds is 3. The Morgan fingerprint density at radius 1 is 1.20 bits per heavy atom. The van der Waals surface area contributed by atoms with Crippen LogP contribution in [0.2, 0.25) is 0 Å². The molecule has 0 aliphatic heterocycles. The van der Waals surface area contributed by atoms with Gasteiger partial charge >= 0.3 is 12.3 Å². The van der Waals surface area contributed by atoms with Crippen molar-refractivity contribution in [1.82, 2.24) is 4.98 Å². The number of hydrogen-bond acceptors (Lipinski definition) is 4. The number of hydrogen-bond donors (Lipinski definition) is 1. The third-order valence-corrected chi connectivity index (χ3v) is 4.16. The second-order valence-corrected chi connectivity index (χ2v) is 7.60. The van der Waals surface area contributed by atoms with Crippen LogP contribution in [-0.4, -0.2) is 16.7 Å². The van der Waals surface area contributed by atoms with Gasteiger partial charge in [0.15, 0.2) is 0 Å². The van der Waals surface area contributed by atoms with E-state index in [1.807, 2.05) is 0 Å². The zero-order chi connectivity index (χ0) is 18.8. The van der Waals surface area contributed by atoms with Gasteiger partial charge in [0.1, 0.15) is 10.6 Å². The number of aromatic nitrogens is 1. The van der Waals surface area contributed by atoms with Gasteiger partial charge in [-0.15, -0.1) is 11.3 Å². The summed E-state index contributed by atoms with van der Waals surface area (Å²) >= 11 is 1.27. The van der Waals surface area contributed by atoms with Crippen LogP contribution >= 0.6 is 11.3 Å². The van der Waals surface area contributed by atoms with Gasteiger partial charge in [-0.2, -0.15) is 13.2 Å². The van der Waals surface area contributed by atoms with E-state index in [9.17, 15) is 18.0 Å². The first-order chi connectivity index (χ1) is 11.4. The van der Waals surface area contributed by atoms with Gasteiger partial charge in [-0.25, -0.2) is 9.78 Å². The second-order valence-electron chi connectivity index (χ2n) is 6.52. The summed E-state index contributed by atoms with van der Waals surface area (Å²) in [7, 11) is 0. The van der Waals surface area contributed by atoms with E-state index in [0.29, 0.717) is 27.7 Å². The number of anilines is 1. The summed E-state index contributed by atoms with van der Waals surface area (Å²) in [4.78, 5) is 16.2. The van der Waals surface area contributed by atoms with Crippen molar-refractivity contribution in [2.45, 2.75) is 45.9 Å². The number of halogens is 3. The van der Waals surface area contributed by atoms with E-state index in [0.717, 1.165) is 12.1 Å². The first-order valence-corrected chi connectivity index (χ1v) is 8.38. The molecule has 25 heavy (non-hydrogen) atoms. The summed E-state index contributed by atoms with van der Waals surface area (Å²) in [6.45, 7) is 7.05. The molecule has 1 aromatic heterocycles. The molecule has 136 valence electrons. The molecule has 4 nitrogen and oxygen atoms in total. The number of aryl methyl sites for hydroxylation is 1. The summed E-state index contributed by atoms with van der Waals surface area (Å²) in [5.41, 5.74) is 0.0633. The summed E-state index contributed by atoms with van der Waals surface area (Å²) in [6, 6.07) is 4.96. The molecule has 1 N–H and O–H groups in total. The van der Waals surface area contributed by atoms with Crippen LogP contribution in [0.3, 0.4) is 0 Å². The molecule has 0 fully saturated rings. The maximum Gasteiger partial charge on any atom is 0.416 e. The highest BCUT2D eigenvalue weighted by atomic mass is 32.1. The fourth-order valence-electron chi connectivity index (χ4n) is 2.03. The lowest BCUT2D eigenvalue weighted by molar-refractivity contribution is -0.137. The van der Waals surface area contributed by atoms with Gasteiger partial charge < -0.3 is 4.74 Å². The predicted molar refractivity (Wildman–Crippen MR) is 91.0 cm³/mol. The van der Waals surface area contributed by atoms with Crippen molar-refractivity contribution in [3.63, 3.8) is 0 Å². The lowest BCUT2D eigenvalue weighted by Gasteiger charge is -2.19. The lowest BCUT2D eigenvalue weighted by atomic mass is 10.1. The predicted octanol–water partition coefficient (Wildman–Crippen LogP) is 5.41. The molecule has 0 saturated carbocycles. The topological polar surface area (TPSA) is 51.2 Å². The highest BCUT2D eigenvalue weighted by Gasteiger charge is 2.30. The third-order valence-electron chi connectivity index (χ3n) is 3.09. The minimum Gasteiger partial charge on any atom is -0.444 e. The Hall–Kier alpha value is -2.09. The number of nitrogens with zero attached hydrogens (tertiary/aromatic N) is 1. The van der Waals surface area contributed by atoms with E-state index in [1.165, 1.54) is 23.5 Å². The number of alkyl halides is 3. The Balaban J connectivity index is 2.06. The van der Waals surface area contributed by atoms with Crippen molar-refractivity contribution < 1.29 is 22.7 Å². The molecule has 0 atom stereocenters. The first-order valence-electron chi connectivity index (χ1n) is 7.56. The molecular weight excluding hydrogens is 353 g/mol. The standard InChI is InChI=1S/C17H19F3N2O2S/c1-10-14(22-15(23)24-16(2,3)4)25-13(21-10)9-11-5-7-12(8-6-11)17(18,19)20/h5-8H,9H2,1-4H3,(H,22,23). The molecule has 0 unspecified atom stereocenters. The van der Waals surface area contributed by atoms with E-state index >= 15 is 0 Å². The van der Waals surface area contributed by atoms with E-state index in [-0.39, 0.29) is 0 Å². The van der Waals surface area contributed by atoms with Crippen LogP contribution < -0.4 is 5.32 Å². The van der Waals surface area contributed by atoms with Gasteiger partial charge in [-0.1, -0.05) is 12.1 Å². The molecule has 0 radical (unpaired) electrons. The average Bonchev–Trinajstić information content (AvgIpc) is 2.76. The third kappa shape index (κ3) is 5.74. The molecule has 1 aromatic carbocycles. The Bertz CT molecular complexity index is 747. The SMILES string of the molecule is Cc1nc(Cc2ccc(C(F)(F)F)cc2)sc1NC(=O)OC(C)(C)C. The van der Waals surface area contributed by atoms with Crippen molar-refractivity contribution in [1.29, 1.82) is 0 Å². The van der Waals surface area contributed by atoms with E-state index in [1.54, 1.807) is 27.7 Å². The van der Waals surface area contributed by atoms with Crippen LogP contribution in [0.15, 0.2) is 24.3 Å². The van der Waals surface area contributed by atoms with E-state index in [2.05, 4.69) is 10.3 Å². The molecular formula is C17H19F3N2O2S. The molecule has 0 aliphatic rings. The maximum atomic E-state index is 12.6. The first kappa shape index (κ1) is 19.2. The number of thiazole rings is 1. The quantitative estimate of drug-likeness (QED) is 0.784. The molecule has 0 bridgehead atoms. The minimum absolute atomic E-state index is 0.389. The van der Waals surface area contributed by atoms with Gasteiger partial charge in [0, 0.05) is 6.42 Å². The average molecular weight is 372 g/mol. The van der Waals surface area contributed by atoms with Gasteiger partial charge in [0.05, 0.1) is 16.3 Å². The van der Waals surface area contributed by atoms with E-state index in [4.69, 9.17) is 4.74 Å². The van der Waals surface area contributed by atoms with Gasteiger partial charge in [0.2, 0.25) is 0 Å². The van der Waals surface area contributed by atoms with Crippen LogP contribution in [0.1, 0.15) is 42.6 Å². The number of carbonyl (C=O) groups excluding carboxylic acids is 1. The number of nitrogens with one attached hydrogen (secondary N) is 1. The number of benzene rings is 1. The molecule has 0 aliphatic carbocycles. The minimum atomic E-state index is -4.35. The van der Waals surface area contributed by atoms with Crippen molar-refractivity contribution in [2.24, 2.45) is 0 Å². The molecule has 1 amide bonds. The summed E-state index contributed by atoms with van der Waals surface area (Å²) < 4.78 is 42.9. The Morgan fingerprint density at radius 2 is 1.80 bits per heavy atom. The number of carbonyl (C=O) groups is 1. The number of amides is 1. The van der Waals surface area contributed by atoms with Crippen molar-refractivity contribution >= 4 is 22.4 Å². The summed E-state index contributed by atoms with van der Waals surface area (Å²) in [5.74, 6) is 0. The fraction of sp³-hybridized carbons (Fsp3) is 0.412. The van der Waals surface area contributed by atoms with Gasteiger partial charge in [-0.05, 0) is 45.4 Å². The Kier molecular flexibility index (Phi) is 5.41. The van der Waals surface area contributed by atoms with Crippen molar-refractivity contribution in [3.05, 3.63) is 46.1 Å². The van der Waals surface area contributed by atoms with Crippen LogP contribution in [0.25, 0.3) is 0 Å². The number of ether oxygens (including phenoxy) is 1. The van der Waals surface area contributed by atoms with Crippen LogP contribution in [0.5, 0.6) is 0 Å². The molecule has 2 aromatic rings. The summed E-state index contributed by atoms with van der Waals surface area (Å²) in [6.07, 6.45) is -4.53. The summed E-state index contributed by atoms with van der Waals surface area (Å²) in [5, 5.41) is 3.91. The molecule has 1 heterocycles. The van der Waals surface area contributed by atoms with Gasteiger partial charge in [0.25, 0.3) is 0 Å². The van der Waals surface area contributed by atoms with Crippen LogP contribution in [-0.2, 0) is 17.3 Å². The van der Waals surface area contributed by atoms with E-state index < -0.39 is 23.4 Å². The molecule has 2 rings (SSSR count). The zero-order valence-electron chi connectivity index (χ0n) is 14.3. The second kappa shape index (κ2) is 7.03. The highest BCUT2D eigenvalue weighted by Crippen LogP contribution is 2.30. The normalized spacial score (nSPS) is 12.1. The Labute approximate surface area is 148 Å². The Morgan fingerprint density at radius 3 is 2.32 bits per heavy atom. The largest absolute Gasteiger partial charge is 0.444 e. The smallest absolute Gasteiger partial charge is 0.416 e. The van der Waals surface area contributed by atoms with Crippen LogP contribution in [0, 0.1) is 6.92 Å². The van der Waals surface area contributed by atoms with Gasteiger partial charge in [-0.3, -0.25) is 5.32 Å². The van der Waals surface area contributed by atoms with Crippen molar-refractivity contribution in [3.8, 4) is 0 Å². The monoisotopic (exact) mass is 372 g/mol. The maximum absolute atomic E-state index is 12.6. The highest BCUT2D eigenvalue weighted by molar-refractivity contribution is 7.16. The molecule has 0 saturated heterocycles. The molecule has 0 spiro atoms. The van der Waals surface area contributed by atoms with Crippen LogP contribution in [0.4, 0.5) is 23.0 Å².